The van der Waals surface area contributed by atoms with Crippen LogP contribution < -0.4 is 5.56 Å². The molecule has 10 heteroatoms. The van der Waals surface area contributed by atoms with Crippen LogP contribution in [0.25, 0.3) is 10.2 Å². The summed E-state index contributed by atoms with van der Waals surface area (Å²) >= 11 is 1.17. The highest BCUT2D eigenvalue weighted by atomic mass is 32.1. The van der Waals surface area contributed by atoms with Crippen molar-refractivity contribution in [3.05, 3.63) is 32.9 Å². The summed E-state index contributed by atoms with van der Waals surface area (Å²) in [6.45, 7) is 6.68. The minimum absolute atomic E-state index is 0.221. The van der Waals surface area contributed by atoms with Crippen LogP contribution >= 0.6 is 11.3 Å². The van der Waals surface area contributed by atoms with Gasteiger partial charge in [-0.25, -0.2) is 14.5 Å². The van der Waals surface area contributed by atoms with Crippen molar-refractivity contribution in [2.24, 2.45) is 0 Å². The lowest BCUT2D eigenvalue weighted by Gasteiger charge is -2.05. The molecule has 0 spiro atoms. The Balaban J connectivity index is 2.02. The lowest BCUT2D eigenvalue weighted by molar-refractivity contribution is 0.0531. The maximum Gasteiger partial charge on any atom is 0.348 e. The fourth-order valence-corrected chi connectivity index (χ4v) is 3.57. The molecule has 0 radical (unpaired) electrons. The van der Waals surface area contributed by atoms with Crippen LogP contribution in [0.2, 0.25) is 0 Å². The van der Waals surface area contributed by atoms with E-state index in [2.05, 4.69) is 20.5 Å². The molecule has 0 fully saturated rings. The van der Waals surface area contributed by atoms with Crippen molar-refractivity contribution in [1.29, 1.82) is 0 Å². The van der Waals surface area contributed by atoms with Crippen LogP contribution in [0.15, 0.2) is 11.1 Å². The first-order valence-corrected chi connectivity index (χ1v) is 8.79. The minimum Gasteiger partial charge on any atom is -0.462 e. The highest BCUT2D eigenvalue weighted by Gasteiger charge is 2.20. The van der Waals surface area contributed by atoms with Crippen LogP contribution in [0.1, 0.15) is 41.3 Å². The Morgan fingerprint density at radius 3 is 2.88 bits per heavy atom. The van der Waals surface area contributed by atoms with E-state index in [0.29, 0.717) is 33.0 Å². The van der Waals surface area contributed by atoms with Gasteiger partial charge in [-0.05, 0) is 36.3 Å². The molecule has 0 atom stereocenters. The molecular formula is C15H18N6O3S. The molecule has 0 saturated heterocycles. The molecular weight excluding hydrogens is 344 g/mol. The number of aryl methyl sites for hydroxylation is 2. The van der Waals surface area contributed by atoms with Crippen LogP contribution in [0, 0.1) is 6.92 Å². The van der Waals surface area contributed by atoms with E-state index < -0.39 is 5.97 Å². The van der Waals surface area contributed by atoms with E-state index in [1.807, 2.05) is 6.92 Å². The van der Waals surface area contributed by atoms with E-state index in [4.69, 9.17) is 4.74 Å². The average Bonchev–Trinajstić information content (AvgIpc) is 3.16. The molecule has 0 saturated carbocycles. The van der Waals surface area contributed by atoms with E-state index in [-0.39, 0.29) is 18.7 Å². The van der Waals surface area contributed by atoms with Gasteiger partial charge in [0.1, 0.15) is 9.71 Å². The molecule has 3 heterocycles. The topological polar surface area (TPSA) is 105 Å². The van der Waals surface area contributed by atoms with Gasteiger partial charge in [-0.15, -0.1) is 16.4 Å². The molecule has 0 aliphatic heterocycles. The third-order valence-electron chi connectivity index (χ3n) is 3.73. The Morgan fingerprint density at radius 1 is 1.36 bits per heavy atom. The number of nitrogens with zero attached hydrogens (tertiary/aromatic N) is 6. The number of carbonyl (C=O) groups excluding carboxylic acids is 1. The molecule has 0 unspecified atom stereocenters. The standard InChI is InChI=1S/C15H18N6O3S/c1-4-6-21-10(17-18-19-21)7-20-8-16-13-11(14(20)22)9(3)12(25-13)15(23)24-5-2/h8H,4-7H2,1-3H3. The number of tetrazole rings is 1. The van der Waals surface area contributed by atoms with Gasteiger partial charge in [-0.2, -0.15) is 0 Å². The Bertz CT molecular complexity index is 973. The number of aromatic nitrogens is 6. The van der Waals surface area contributed by atoms with Crippen LogP contribution in [0.5, 0.6) is 0 Å². The quantitative estimate of drug-likeness (QED) is 0.610. The van der Waals surface area contributed by atoms with Crippen molar-refractivity contribution in [2.45, 2.75) is 40.3 Å². The number of hydrogen-bond donors (Lipinski definition) is 0. The van der Waals surface area contributed by atoms with Gasteiger partial charge in [-0.1, -0.05) is 6.92 Å². The van der Waals surface area contributed by atoms with Crippen molar-refractivity contribution < 1.29 is 9.53 Å². The van der Waals surface area contributed by atoms with Gasteiger partial charge in [0.2, 0.25) is 0 Å². The van der Waals surface area contributed by atoms with Crippen LogP contribution in [-0.2, 0) is 17.8 Å². The molecule has 0 aromatic carbocycles. The first-order chi connectivity index (χ1) is 12.1. The summed E-state index contributed by atoms with van der Waals surface area (Å²) in [5, 5.41) is 12.0. The molecule has 0 amide bonds. The zero-order chi connectivity index (χ0) is 18.0. The molecule has 25 heavy (non-hydrogen) atoms. The zero-order valence-electron chi connectivity index (χ0n) is 14.2. The summed E-state index contributed by atoms with van der Waals surface area (Å²) in [7, 11) is 0. The first kappa shape index (κ1) is 17.2. The molecule has 9 nitrogen and oxygen atoms in total. The minimum atomic E-state index is -0.430. The SMILES string of the molecule is CCCn1nnnc1Cn1cnc2sc(C(=O)OCC)c(C)c2c1=O. The van der Waals surface area contributed by atoms with Crippen molar-refractivity contribution in [3.63, 3.8) is 0 Å². The Morgan fingerprint density at radius 2 is 2.16 bits per heavy atom. The fourth-order valence-electron chi connectivity index (χ4n) is 2.54. The van der Waals surface area contributed by atoms with Gasteiger partial charge in [0.05, 0.1) is 24.9 Å². The number of hydrogen-bond acceptors (Lipinski definition) is 8. The summed E-state index contributed by atoms with van der Waals surface area (Å²) in [5.74, 6) is 0.157. The number of fused-ring (bicyclic) bond motifs is 1. The number of carbonyl (C=O) groups is 1. The average molecular weight is 362 g/mol. The maximum absolute atomic E-state index is 12.8. The maximum atomic E-state index is 12.8. The highest BCUT2D eigenvalue weighted by Crippen LogP contribution is 2.27. The molecule has 132 valence electrons. The summed E-state index contributed by atoms with van der Waals surface area (Å²) in [6.07, 6.45) is 2.34. The highest BCUT2D eigenvalue weighted by molar-refractivity contribution is 7.20. The van der Waals surface area contributed by atoms with Crippen molar-refractivity contribution in [1.82, 2.24) is 29.8 Å². The van der Waals surface area contributed by atoms with Crippen molar-refractivity contribution in [3.8, 4) is 0 Å². The number of ether oxygens (including phenoxy) is 1. The van der Waals surface area contributed by atoms with Gasteiger partial charge >= 0.3 is 5.97 Å². The number of thiophene rings is 1. The van der Waals surface area contributed by atoms with E-state index in [1.54, 1.807) is 18.5 Å². The van der Waals surface area contributed by atoms with E-state index >= 15 is 0 Å². The van der Waals surface area contributed by atoms with Crippen LogP contribution in [0.4, 0.5) is 0 Å². The molecule has 0 aliphatic rings. The lowest BCUT2D eigenvalue weighted by Crippen LogP contribution is -2.23. The Hall–Kier alpha value is -2.62. The smallest absolute Gasteiger partial charge is 0.348 e. The summed E-state index contributed by atoms with van der Waals surface area (Å²) in [6, 6.07) is 0. The third kappa shape index (κ3) is 3.16. The largest absolute Gasteiger partial charge is 0.462 e. The first-order valence-electron chi connectivity index (χ1n) is 7.97. The molecule has 0 N–H and O–H groups in total. The van der Waals surface area contributed by atoms with Gasteiger partial charge < -0.3 is 4.74 Å². The van der Waals surface area contributed by atoms with E-state index in [0.717, 1.165) is 6.42 Å². The van der Waals surface area contributed by atoms with Gasteiger partial charge in [0.25, 0.3) is 5.56 Å². The number of rotatable bonds is 6. The van der Waals surface area contributed by atoms with Crippen LogP contribution in [0.3, 0.4) is 0 Å². The van der Waals surface area contributed by atoms with E-state index in [9.17, 15) is 9.59 Å². The zero-order valence-corrected chi connectivity index (χ0v) is 15.0. The van der Waals surface area contributed by atoms with Crippen molar-refractivity contribution in [2.75, 3.05) is 6.61 Å². The molecule has 3 aromatic heterocycles. The second kappa shape index (κ2) is 7.09. The predicted molar refractivity (Wildman–Crippen MR) is 91.8 cm³/mol. The summed E-state index contributed by atoms with van der Waals surface area (Å²) in [4.78, 5) is 30.1. The van der Waals surface area contributed by atoms with Gasteiger partial charge in [0.15, 0.2) is 5.82 Å². The molecule has 0 aliphatic carbocycles. The van der Waals surface area contributed by atoms with Gasteiger partial charge in [-0.3, -0.25) is 9.36 Å². The Labute approximate surface area is 147 Å². The monoisotopic (exact) mass is 362 g/mol. The molecule has 0 bridgehead atoms. The lowest BCUT2D eigenvalue weighted by atomic mass is 10.2. The van der Waals surface area contributed by atoms with Crippen LogP contribution in [-0.4, -0.2) is 42.3 Å². The third-order valence-corrected chi connectivity index (χ3v) is 4.91. The summed E-state index contributed by atoms with van der Waals surface area (Å²) < 4.78 is 8.16. The van der Waals surface area contributed by atoms with Crippen molar-refractivity contribution >= 4 is 27.5 Å². The summed E-state index contributed by atoms with van der Waals surface area (Å²) in [5.41, 5.74) is 0.374. The predicted octanol–water partition coefficient (Wildman–Crippen LogP) is 1.39. The molecule has 3 rings (SSSR count). The number of esters is 1. The normalized spacial score (nSPS) is 11.2. The fraction of sp³-hybridized carbons (Fsp3) is 0.467. The Kier molecular flexibility index (Phi) is 4.88. The second-order valence-electron chi connectivity index (χ2n) is 5.45. The van der Waals surface area contributed by atoms with E-state index in [1.165, 1.54) is 22.2 Å². The second-order valence-corrected chi connectivity index (χ2v) is 6.45. The molecule has 3 aromatic rings. The van der Waals surface area contributed by atoms with Gasteiger partial charge in [0, 0.05) is 6.54 Å².